The number of thioether (sulfide) groups is 1. The molecule has 2 amide bonds. The first kappa shape index (κ1) is 15.1. The minimum Gasteiger partial charge on any atom is -0.282 e. The summed E-state index contributed by atoms with van der Waals surface area (Å²) in [6.45, 7) is 2.45. The molecule has 0 atom stereocenters. The fourth-order valence-corrected chi connectivity index (χ4v) is 5.64. The summed E-state index contributed by atoms with van der Waals surface area (Å²) in [5.41, 5.74) is 1.37. The zero-order valence-corrected chi connectivity index (χ0v) is 14.6. The van der Waals surface area contributed by atoms with Crippen LogP contribution in [0.3, 0.4) is 0 Å². The van der Waals surface area contributed by atoms with E-state index in [-0.39, 0.29) is 17.6 Å². The molecular formula is C16H17N3O2S2. The van der Waals surface area contributed by atoms with E-state index < -0.39 is 0 Å². The van der Waals surface area contributed by atoms with Crippen LogP contribution in [0, 0.1) is 6.92 Å². The number of aromatic nitrogens is 2. The minimum absolute atomic E-state index is 0.0453. The zero-order valence-electron chi connectivity index (χ0n) is 12.9. The van der Waals surface area contributed by atoms with Crippen molar-refractivity contribution in [3.63, 3.8) is 0 Å². The molecule has 0 aromatic carbocycles. The van der Waals surface area contributed by atoms with Gasteiger partial charge in [-0.2, -0.15) is 0 Å². The molecule has 0 bridgehead atoms. The van der Waals surface area contributed by atoms with Crippen LogP contribution in [0.4, 0.5) is 0 Å². The highest BCUT2D eigenvalue weighted by molar-refractivity contribution is 8.00. The van der Waals surface area contributed by atoms with Gasteiger partial charge in [-0.15, -0.1) is 11.3 Å². The van der Waals surface area contributed by atoms with Crippen LogP contribution in [0.5, 0.6) is 0 Å². The lowest BCUT2D eigenvalue weighted by Crippen LogP contribution is -2.33. The Balaban J connectivity index is 1.61. The second-order valence-corrected chi connectivity index (χ2v) is 7.99. The van der Waals surface area contributed by atoms with Crippen LogP contribution in [0.25, 0.3) is 10.2 Å². The summed E-state index contributed by atoms with van der Waals surface area (Å²) in [6.07, 6.45) is 4.67. The van der Waals surface area contributed by atoms with Crippen LogP contribution >= 0.6 is 23.1 Å². The summed E-state index contributed by atoms with van der Waals surface area (Å²) < 4.78 is 0. The molecule has 7 heteroatoms. The minimum atomic E-state index is -0.103. The van der Waals surface area contributed by atoms with Gasteiger partial charge < -0.3 is 0 Å². The Labute approximate surface area is 142 Å². The lowest BCUT2D eigenvalue weighted by molar-refractivity contribution is -0.140. The van der Waals surface area contributed by atoms with E-state index in [0.717, 1.165) is 40.3 Å². The molecule has 1 fully saturated rings. The van der Waals surface area contributed by atoms with Crippen LogP contribution in [0.15, 0.2) is 5.03 Å². The molecule has 0 spiro atoms. The Morgan fingerprint density at radius 3 is 2.91 bits per heavy atom. The summed E-state index contributed by atoms with van der Waals surface area (Å²) in [5, 5.41) is 2.03. The topological polar surface area (TPSA) is 63.2 Å². The number of hydrogen-bond donors (Lipinski definition) is 0. The van der Waals surface area contributed by atoms with E-state index in [9.17, 15) is 9.59 Å². The molecule has 0 N–H and O–H groups in total. The van der Waals surface area contributed by atoms with E-state index in [1.165, 1.54) is 33.5 Å². The number of carbonyl (C=O) groups excluding carboxylic acids is 2. The molecule has 1 saturated heterocycles. The van der Waals surface area contributed by atoms with Gasteiger partial charge >= 0.3 is 0 Å². The molecular weight excluding hydrogens is 330 g/mol. The van der Waals surface area contributed by atoms with Crippen molar-refractivity contribution in [2.75, 3.05) is 12.3 Å². The van der Waals surface area contributed by atoms with Gasteiger partial charge in [0.05, 0.1) is 5.75 Å². The standard InChI is InChI=1S/C16H17N3O2S2/c1-9-17-15(22-8-13(21)19-7-3-6-12(19)20)14-10-4-2-5-11(10)23-16(14)18-9/h2-8H2,1H3. The van der Waals surface area contributed by atoms with Gasteiger partial charge in [0.15, 0.2) is 0 Å². The third kappa shape index (κ3) is 2.65. The number of carbonyl (C=O) groups is 2. The monoisotopic (exact) mass is 347 g/mol. The summed E-state index contributed by atoms with van der Waals surface area (Å²) in [7, 11) is 0. The van der Waals surface area contributed by atoms with E-state index in [1.807, 2.05) is 6.92 Å². The van der Waals surface area contributed by atoms with Crippen molar-refractivity contribution in [1.82, 2.24) is 14.9 Å². The lowest BCUT2D eigenvalue weighted by Gasteiger charge is -2.13. The molecule has 0 radical (unpaired) electrons. The first-order chi connectivity index (χ1) is 11.1. The number of aryl methyl sites for hydroxylation is 3. The van der Waals surface area contributed by atoms with Crippen molar-refractivity contribution >= 4 is 45.1 Å². The Kier molecular flexibility index (Phi) is 3.85. The number of hydrogen-bond acceptors (Lipinski definition) is 6. The van der Waals surface area contributed by atoms with Gasteiger partial charge in [0, 0.05) is 23.2 Å². The molecule has 2 aromatic heterocycles. The normalized spacial score (nSPS) is 17.3. The second-order valence-electron chi connectivity index (χ2n) is 5.94. The largest absolute Gasteiger partial charge is 0.282 e. The molecule has 1 aliphatic carbocycles. The number of fused-ring (bicyclic) bond motifs is 3. The zero-order chi connectivity index (χ0) is 16.0. The van der Waals surface area contributed by atoms with E-state index in [0.29, 0.717) is 13.0 Å². The maximum absolute atomic E-state index is 12.3. The van der Waals surface area contributed by atoms with E-state index in [1.54, 1.807) is 11.3 Å². The maximum Gasteiger partial charge on any atom is 0.239 e. The first-order valence-electron chi connectivity index (χ1n) is 7.88. The Morgan fingerprint density at radius 1 is 1.26 bits per heavy atom. The molecule has 4 rings (SSSR count). The van der Waals surface area contributed by atoms with Crippen LogP contribution in [-0.4, -0.2) is 39.0 Å². The lowest BCUT2D eigenvalue weighted by atomic mass is 10.2. The number of likely N-dealkylation sites (tertiary alicyclic amines) is 1. The molecule has 3 heterocycles. The van der Waals surface area contributed by atoms with Crippen molar-refractivity contribution in [2.45, 2.75) is 44.1 Å². The number of nitrogens with zero attached hydrogens (tertiary/aromatic N) is 3. The Morgan fingerprint density at radius 2 is 2.13 bits per heavy atom. The van der Waals surface area contributed by atoms with E-state index in [2.05, 4.69) is 9.97 Å². The number of rotatable bonds is 3. The SMILES string of the molecule is Cc1nc(SCC(=O)N2CCCC2=O)c2c3c(sc2n1)CCC3. The highest BCUT2D eigenvalue weighted by atomic mass is 32.2. The summed E-state index contributed by atoms with van der Waals surface area (Å²) >= 11 is 3.20. The van der Waals surface area contributed by atoms with Crippen molar-refractivity contribution in [2.24, 2.45) is 0 Å². The third-order valence-corrected chi connectivity index (χ3v) is 6.50. The third-order valence-electron chi connectivity index (χ3n) is 4.35. The fourth-order valence-electron chi connectivity index (χ4n) is 3.29. The number of thiophene rings is 1. The van der Waals surface area contributed by atoms with Crippen LogP contribution < -0.4 is 0 Å². The number of imide groups is 1. The Bertz CT molecular complexity index is 815. The quantitative estimate of drug-likeness (QED) is 0.631. The fraction of sp³-hybridized carbons (Fsp3) is 0.500. The van der Waals surface area contributed by atoms with Gasteiger partial charge in [-0.3, -0.25) is 14.5 Å². The van der Waals surface area contributed by atoms with Crippen LogP contribution in [0.1, 0.15) is 35.5 Å². The first-order valence-corrected chi connectivity index (χ1v) is 9.68. The van der Waals surface area contributed by atoms with Crippen molar-refractivity contribution < 1.29 is 9.59 Å². The summed E-state index contributed by atoms with van der Waals surface area (Å²) in [4.78, 5) is 36.9. The van der Waals surface area contributed by atoms with E-state index in [4.69, 9.17) is 0 Å². The molecule has 1 aliphatic heterocycles. The average molecular weight is 347 g/mol. The number of amides is 2. The molecule has 0 saturated carbocycles. The smallest absolute Gasteiger partial charge is 0.239 e. The van der Waals surface area contributed by atoms with Crippen LogP contribution in [0.2, 0.25) is 0 Å². The molecule has 120 valence electrons. The predicted octanol–water partition coefficient (Wildman–Crippen LogP) is 2.73. The second kappa shape index (κ2) is 5.87. The highest BCUT2D eigenvalue weighted by Crippen LogP contribution is 2.40. The molecule has 2 aromatic rings. The average Bonchev–Trinajstić information content (AvgIpc) is 3.19. The van der Waals surface area contributed by atoms with Gasteiger partial charge in [-0.1, -0.05) is 11.8 Å². The predicted molar refractivity (Wildman–Crippen MR) is 90.9 cm³/mol. The van der Waals surface area contributed by atoms with Gasteiger partial charge in [0.1, 0.15) is 15.7 Å². The van der Waals surface area contributed by atoms with Gasteiger partial charge in [-0.25, -0.2) is 9.97 Å². The summed E-state index contributed by atoms with van der Waals surface area (Å²) in [5.74, 6) is 0.858. The summed E-state index contributed by atoms with van der Waals surface area (Å²) in [6, 6.07) is 0. The van der Waals surface area contributed by atoms with Gasteiger partial charge in [0.2, 0.25) is 11.8 Å². The van der Waals surface area contributed by atoms with Crippen molar-refractivity contribution in [3.8, 4) is 0 Å². The molecule has 0 unspecified atom stereocenters. The Hall–Kier alpha value is -1.47. The van der Waals surface area contributed by atoms with E-state index >= 15 is 0 Å². The highest BCUT2D eigenvalue weighted by Gasteiger charge is 2.27. The molecule has 23 heavy (non-hydrogen) atoms. The van der Waals surface area contributed by atoms with Crippen LogP contribution in [-0.2, 0) is 22.4 Å². The molecule has 5 nitrogen and oxygen atoms in total. The molecule has 2 aliphatic rings. The van der Waals surface area contributed by atoms with Gasteiger partial charge in [-0.05, 0) is 38.2 Å². The van der Waals surface area contributed by atoms with Crippen molar-refractivity contribution in [1.29, 1.82) is 0 Å². The van der Waals surface area contributed by atoms with Gasteiger partial charge in [0.25, 0.3) is 0 Å². The maximum atomic E-state index is 12.3. The van der Waals surface area contributed by atoms with Crippen molar-refractivity contribution in [3.05, 3.63) is 16.3 Å².